The van der Waals surface area contributed by atoms with Crippen LogP contribution >= 0.6 is 11.3 Å². The maximum absolute atomic E-state index is 13.2. The summed E-state index contributed by atoms with van der Waals surface area (Å²) in [4.78, 5) is 16.3. The number of carbonyl (C=O) groups is 1. The first-order valence-electron chi connectivity index (χ1n) is 9.33. The monoisotopic (exact) mass is 393 g/mol. The Morgan fingerprint density at radius 3 is 2.50 bits per heavy atom. The Balaban J connectivity index is 1.77. The second-order valence-corrected chi connectivity index (χ2v) is 7.84. The van der Waals surface area contributed by atoms with Crippen molar-refractivity contribution in [3.8, 4) is 11.5 Å². The molecule has 4 rings (SSSR count). The van der Waals surface area contributed by atoms with Crippen molar-refractivity contribution in [2.24, 2.45) is 0 Å². The van der Waals surface area contributed by atoms with Crippen molar-refractivity contribution in [2.75, 3.05) is 20.8 Å². The summed E-state index contributed by atoms with van der Waals surface area (Å²) < 4.78 is 11.0. The third kappa shape index (κ3) is 3.50. The van der Waals surface area contributed by atoms with Gasteiger partial charge in [-0.1, -0.05) is 36.4 Å². The maximum atomic E-state index is 13.2. The molecular weight excluding hydrogens is 370 g/mol. The topological polar surface area (TPSA) is 38.8 Å². The van der Waals surface area contributed by atoms with Crippen LogP contribution in [0.4, 0.5) is 0 Å². The van der Waals surface area contributed by atoms with E-state index in [2.05, 4.69) is 12.1 Å². The number of benzene rings is 2. The van der Waals surface area contributed by atoms with Crippen molar-refractivity contribution in [3.63, 3.8) is 0 Å². The lowest BCUT2D eigenvalue weighted by Gasteiger charge is -2.38. The van der Waals surface area contributed by atoms with E-state index < -0.39 is 0 Å². The number of ether oxygens (including phenoxy) is 2. The van der Waals surface area contributed by atoms with E-state index in [0.29, 0.717) is 18.7 Å². The van der Waals surface area contributed by atoms with E-state index in [1.54, 1.807) is 25.6 Å². The summed E-state index contributed by atoms with van der Waals surface area (Å²) in [5, 5.41) is 2.01. The van der Waals surface area contributed by atoms with E-state index in [4.69, 9.17) is 9.47 Å². The zero-order valence-electron chi connectivity index (χ0n) is 16.1. The first-order valence-corrected chi connectivity index (χ1v) is 10.2. The zero-order valence-corrected chi connectivity index (χ0v) is 16.9. The summed E-state index contributed by atoms with van der Waals surface area (Å²) in [6.45, 7) is 0.687. The van der Waals surface area contributed by atoms with Crippen LogP contribution in [-0.4, -0.2) is 31.6 Å². The van der Waals surface area contributed by atoms with E-state index >= 15 is 0 Å². The highest BCUT2D eigenvalue weighted by Crippen LogP contribution is 2.41. The number of hydrogen-bond donors (Lipinski definition) is 0. The largest absolute Gasteiger partial charge is 0.493 e. The second-order valence-electron chi connectivity index (χ2n) is 6.81. The molecule has 5 heteroatoms. The normalized spacial score (nSPS) is 15.8. The number of thiophene rings is 1. The molecule has 0 spiro atoms. The molecule has 28 heavy (non-hydrogen) atoms. The van der Waals surface area contributed by atoms with Crippen LogP contribution in [0.5, 0.6) is 11.5 Å². The van der Waals surface area contributed by atoms with Gasteiger partial charge in [-0.05, 0) is 46.7 Å². The lowest BCUT2D eigenvalue weighted by molar-refractivity contribution is -0.132. The van der Waals surface area contributed by atoms with E-state index in [0.717, 1.165) is 28.2 Å². The first-order chi connectivity index (χ1) is 13.7. The van der Waals surface area contributed by atoms with E-state index in [9.17, 15) is 4.79 Å². The number of carbonyl (C=O) groups excluding carboxylic acids is 1. The Labute approximate surface area is 169 Å². The molecule has 1 aliphatic heterocycles. The Bertz CT molecular complexity index is 953. The van der Waals surface area contributed by atoms with E-state index in [-0.39, 0.29) is 11.9 Å². The number of amides is 1. The molecule has 1 amide bonds. The minimum atomic E-state index is -0.128. The van der Waals surface area contributed by atoms with Gasteiger partial charge in [-0.3, -0.25) is 4.79 Å². The van der Waals surface area contributed by atoms with Crippen LogP contribution in [0.3, 0.4) is 0 Å². The van der Waals surface area contributed by atoms with Crippen LogP contribution in [-0.2, 0) is 17.6 Å². The lowest BCUT2D eigenvalue weighted by Crippen LogP contribution is -2.41. The predicted molar refractivity (Wildman–Crippen MR) is 111 cm³/mol. The predicted octanol–water partition coefficient (Wildman–Crippen LogP) is 4.48. The van der Waals surface area contributed by atoms with Gasteiger partial charge in [0.1, 0.15) is 0 Å². The number of nitrogens with zero attached hydrogens (tertiary/aromatic N) is 1. The second kappa shape index (κ2) is 8.07. The summed E-state index contributed by atoms with van der Waals surface area (Å²) in [5.74, 6) is 1.57. The molecule has 4 nitrogen and oxygen atoms in total. The molecule has 0 unspecified atom stereocenters. The number of fused-ring (bicyclic) bond motifs is 1. The number of rotatable bonds is 5. The van der Waals surface area contributed by atoms with Crippen LogP contribution in [0.15, 0.2) is 60.0 Å². The summed E-state index contributed by atoms with van der Waals surface area (Å²) in [6.07, 6.45) is 1.23. The lowest BCUT2D eigenvalue weighted by atomic mass is 9.87. The molecule has 0 radical (unpaired) electrons. The Morgan fingerprint density at radius 2 is 1.82 bits per heavy atom. The van der Waals surface area contributed by atoms with Gasteiger partial charge < -0.3 is 14.4 Å². The highest BCUT2D eigenvalue weighted by Gasteiger charge is 2.33. The summed E-state index contributed by atoms with van der Waals surface area (Å²) in [5.41, 5.74) is 3.41. The standard InChI is InChI=1S/C23H23NO3S/c1-26-20-13-17-10-11-24(22(25)14-18-9-6-12-28-18)23(16-7-4-3-5-8-16)19(17)15-21(20)27-2/h3-9,12-13,15,23H,10-11,14H2,1-2H3/t23-/m1/s1. The average molecular weight is 394 g/mol. The van der Waals surface area contributed by atoms with Gasteiger partial charge in [0.15, 0.2) is 11.5 Å². The molecule has 1 atom stereocenters. The Morgan fingerprint density at radius 1 is 1.07 bits per heavy atom. The molecule has 2 aromatic carbocycles. The molecule has 1 aliphatic rings. The van der Waals surface area contributed by atoms with Gasteiger partial charge in [0.2, 0.25) is 5.91 Å². The van der Waals surface area contributed by atoms with Gasteiger partial charge in [0.25, 0.3) is 0 Å². The summed E-state index contributed by atoms with van der Waals surface area (Å²) >= 11 is 1.62. The van der Waals surface area contributed by atoms with Crippen molar-refractivity contribution < 1.29 is 14.3 Å². The fourth-order valence-corrected chi connectivity index (χ4v) is 4.57. The first kappa shape index (κ1) is 18.6. The molecule has 0 saturated carbocycles. The average Bonchev–Trinajstić information content (AvgIpc) is 3.25. The van der Waals surface area contributed by atoms with E-state index in [1.165, 1.54) is 5.56 Å². The smallest absolute Gasteiger partial charge is 0.228 e. The highest BCUT2D eigenvalue weighted by atomic mass is 32.1. The maximum Gasteiger partial charge on any atom is 0.228 e. The molecule has 0 fully saturated rings. The fourth-order valence-electron chi connectivity index (χ4n) is 3.87. The third-order valence-electron chi connectivity index (χ3n) is 5.21. The van der Waals surface area contributed by atoms with Crippen LogP contribution in [0.1, 0.15) is 27.6 Å². The van der Waals surface area contributed by atoms with Gasteiger partial charge in [0.05, 0.1) is 26.7 Å². The Kier molecular flexibility index (Phi) is 5.35. The molecule has 3 aromatic rings. The van der Waals surface area contributed by atoms with Crippen molar-refractivity contribution in [1.82, 2.24) is 4.90 Å². The number of methoxy groups -OCH3 is 2. The van der Waals surface area contributed by atoms with Crippen LogP contribution in [0.2, 0.25) is 0 Å². The summed E-state index contributed by atoms with van der Waals surface area (Å²) in [6, 6.07) is 18.2. The van der Waals surface area contributed by atoms with Crippen molar-refractivity contribution in [1.29, 1.82) is 0 Å². The molecule has 0 saturated heterocycles. The van der Waals surface area contributed by atoms with Crippen LogP contribution in [0.25, 0.3) is 0 Å². The fraction of sp³-hybridized carbons (Fsp3) is 0.261. The van der Waals surface area contributed by atoms with E-state index in [1.807, 2.05) is 52.7 Å². The molecule has 2 heterocycles. The molecule has 144 valence electrons. The molecular formula is C23H23NO3S. The highest BCUT2D eigenvalue weighted by molar-refractivity contribution is 7.10. The van der Waals surface area contributed by atoms with Gasteiger partial charge in [-0.25, -0.2) is 0 Å². The minimum absolute atomic E-state index is 0.128. The van der Waals surface area contributed by atoms with Crippen molar-refractivity contribution >= 4 is 17.2 Å². The SMILES string of the molecule is COc1cc2c(cc1OC)[C@@H](c1ccccc1)N(C(=O)Cc1cccs1)CC2. The zero-order chi connectivity index (χ0) is 19.5. The van der Waals surface area contributed by atoms with Gasteiger partial charge in [0, 0.05) is 11.4 Å². The summed E-state index contributed by atoms with van der Waals surface area (Å²) in [7, 11) is 3.29. The van der Waals surface area contributed by atoms with Gasteiger partial charge >= 0.3 is 0 Å². The molecule has 0 aliphatic carbocycles. The van der Waals surface area contributed by atoms with Crippen molar-refractivity contribution in [2.45, 2.75) is 18.9 Å². The van der Waals surface area contributed by atoms with Gasteiger partial charge in [-0.2, -0.15) is 0 Å². The molecule has 1 aromatic heterocycles. The van der Waals surface area contributed by atoms with Crippen LogP contribution < -0.4 is 9.47 Å². The quantitative estimate of drug-likeness (QED) is 0.641. The Hall–Kier alpha value is -2.79. The minimum Gasteiger partial charge on any atom is -0.493 e. The van der Waals surface area contributed by atoms with Crippen molar-refractivity contribution in [3.05, 3.63) is 81.5 Å². The number of hydrogen-bond acceptors (Lipinski definition) is 4. The molecule has 0 bridgehead atoms. The third-order valence-corrected chi connectivity index (χ3v) is 6.09. The van der Waals surface area contributed by atoms with Crippen LogP contribution in [0, 0.1) is 0 Å². The van der Waals surface area contributed by atoms with Gasteiger partial charge in [-0.15, -0.1) is 11.3 Å². The molecule has 0 N–H and O–H groups in total.